The summed E-state index contributed by atoms with van der Waals surface area (Å²) in [7, 11) is 0. The zero-order valence-corrected chi connectivity index (χ0v) is 12.3. The average Bonchev–Trinajstić information content (AvgIpc) is 2.68. The standard InChI is InChI=1S/C12H16F6N2S/c1-7(2)5-19-6-8-10(12(16,17)18)20-9(21-8)3-4-11(13,14)15/h7,19H,3-6H2,1-2H3. The SMILES string of the molecule is CC(C)CNCc1sc(CCC(F)(F)F)nc1C(F)(F)F. The van der Waals surface area contributed by atoms with Crippen molar-refractivity contribution in [2.24, 2.45) is 5.92 Å². The molecular weight excluding hydrogens is 318 g/mol. The molecule has 1 aromatic heterocycles. The Morgan fingerprint density at radius 3 is 2.24 bits per heavy atom. The number of rotatable bonds is 6. The summed E-state index contributed by atoms with van der Waals surface area (Å²) in [6, 6.07) is 0. The summed E-state index contributed by atoms with van der Waals surface area (Å²) in [6.07, 6.45) is -10.7. The second kappa shape index (κ2) is 6.95. The van der Waals surface area contributed by atoms with Crippen LogP contribution in [0.2, 0.25) is 0 Å². The van der Waals surface area contributed by atoms with Gasteiger partial charge in [-0.05, 0) is 12.5 Å². The number of hydrogen-bond acceptors (Lipinski definition) is 3. The number of aryl methyl sites for hydroxylation is 1. The Kier molecular flexibility index (Phi) is 6.03. The number of alkyl halides is 6. The molecule has 0 aliphatic heterocycles. The smallest absolute Gasteiger partial charge is 0.312 e. The van der Waals surface area contributed by atoms with E-state index in [9.17, 15) is 26.3 Å². The Labute approximate surface area is 122 Å². The van der Waals surface area contributed by atoms with E-state index in [4.69, 9.17) is 0 Å². The predicted molar refractivity (Wildman–Crippen MR) is 68.0 cm³/mol. The Bertz CT molecular complexity index is 450. The van der Waals surface area contributed by atoms with Gasteiger partial charge in [0, 0.05) is 19.4 Å². The molecule has 0 bridgehead atoms. The molecule has 0 saturated carbocycles. The minimum atomic E-state index is -4.65. The van der Waals surface area contributed by atoms with Gasteiger partial charge in [0.15, 0.2) is 5.69 Å². The molecule has 9 heteroatoms. The van der Waals surface area contributed by atoms with E-state index in [2.05, 4.69) is 10.3 Å². The molecule has 21 heavy (non-hydrogen) atoms. The van der Waals surface area contributed by atoms with Gasteiger partial charge in [0.05, 0.1) is 9.88 Å². The van der Waals surface area contributed by atoms with Crippen LogP contribution in [0.3, 0.4) is 0 Å². The third-order valence-corrected chi connectivity index (χ3v) is 3.59. The Hall–Kier alpha value is -0.830. The maximum Gasteiger partial charge on any atom is 0.434 e. The molecule has 0 aliphatic rings. The molecule has 0 amide bonds. The molecular formula is C12H16F6N2S. The number of hydrogen-bond donors (Lipinski definition) is 1. The maximum atomic E-state index is 12.8. The minimum absolute atomic E-state index is 0.0449. The van der Waals surface area contributed by atoms with Gasteiger partial charge in [-0.1, -0.05) is 13.8 Å². The molecule has 0 saturated heterocycles. The Morgan fingerprint density at radius 2 is 1.76 bits per heavy atom. The van der Waals surface area contributed by atoms with E-state index >= 15 is 0 Å². The van der Waals surface area contributed by atoms with Gasteiger partial charge >= 0.3 is 12.4 Å². The zero-order valence-electron chi connectivity index (χ0n) is 11.5. The molecule has 1 N–H and O–H groups in total. The van der Waals surface area contributed by atoms with Crippen molar-refractivity contribution < 1.29 is 26.3 Å². The number of aromatic nitrogens is 1. The second-order valence-electron chi connectivity index (χ2n) is 5.02. The first-order chi connectivity index (χ1) is 9.49. The van der Waals surface area contributed by atoms with Crippen molar-refractivity contribution in [3.63, 3.8) is 0 Å². The van der Waals surface area contributed by atoms with Crippen LogP contribution in [0.25, 0.3) is 0 Å². The first-order valence-electron chi connectivity index (χ1n) is 6.32. The van der Waals surface area contributed by atoms with Gasteiger partial charge in [-0.3, -0.25) is 0 Å². The summed E-state index contributed by atoms with van der Waals surface area (Å²) in [5.74, 6) is 0.261. The van der Waals surface area contributed by atoms with Gasteiger partial charge in [0.1, 0.15) is 0 Å². The minimum Gasteiger partial charge on any atom is -0.312 e. The molecule has 0 unspecified atom stereocenters. The maximum absolute atomic E-state index is 12.8. The van der Waals surface area contributed by atoms with Crippen LogP contribution in [0, 0.1) is 5.92 Å². The first kappa shape index (κ1) is 18.2. The average molecular weight is 334 g/mol. The molecule has 0 spiro atoms. The molecule has 2 nitrogen and oxygen atoms in total. The third kappa shape index (κ3) is 6.64. The first-order valence-corrected chi connectivity index (χ1v) is 7.14. The van der Waals surface area contributed by atoms with Crippen LogP contribution in [0.5, 0.6) is 0 Å². The van der Waals surface area contributed by atoms with Crippen molar-refractivity contribution in [1.29, 1.82) is 0 Å². The van der Waals surface area contributed by atoms with Gasteiger partial charge in [0.2, 0.25) is 0 Å². The molecule has 1 heterocycles. The topological polar surface area (TPSA) is 24.9 Å². The molecule has 0 fully saturated rings. The number of thiazole rings is 1. The lowest BCUT2D eigenvalue weighted by molar-refractivity contribution is -0.141. The van der Waals surface area contributed by atoms with Gasteiger partial charge in [-0.15, -0.1) is 11.3 Å². The van der Waals surface area contributed by atoms with Gasteiger partial charge in [0.25, 0.3) is 0 Å². The number of nitrogens with one attached hydrogen (secondary N) is 1. The fourth-order valence-corrected chi connectivity index (χ4v) is 2.63. The quantitative estimate of drug-likeness (QED) is 0.780. The van der Waals surface area contributed by atoms with Gasteiger partial charge < -0.3 is 5.32 Å². The lowest BCUT2D eigenvalue weighted by Crippen LogP contribution is -2.20. The van der Waals surface area contributed by atoms with Crippen LogP contribution >= 0.6 is 11.3 Å². The van der Waals surface area contributed by atoms with Gasteiger partial charge in [-0.25, -0.2) is 4.98 Å². The van der Waals surface area contributed by atoms with E-state index in [0.29, 0.717) is 17.9 Å². The van der Waals surface area contributed by atoms with E-state index in [1.165, 1.54) is 0 Å². The van der Waals surface area contributed by atoms with E-state index in [1.807, 2.05) is 13.8 Å². The molecule has 122 valence electrons. The normalized spacial score (nSPS) is 13.2. The highest BCUT2D eigenvalue weighted by Gasteiger charge is 2.37. The molecule has 0 aromatic carbocycles. The highest BCUT2D eigenvalue weighted by atomic mass is 32.1. The summed E-state index contributed by atoms with van der Waals surface area (Å²) in [6.45, 7) is 4.28. The lowest BCUT2D eigenvalue weighted by atomic mass is 10.2. The zero-order chi connectivity index (χ0) is 16.3. The summed E-state index contributed by atoms with van der Waals surface area (Å²) < 4.78 is 74.8. The van der Waals surface area contributed by atoms with Crippen LogP contribution in [-0.4, -0.2) is 17.7 Å². The van der Waals surface area contributed by atoms with Crippen LogP contribution in [0.1, 0.15) is 35.8 Å². The van der Waals surface area contributed by atoms with E-state index in [0.717, 1.165) is 0 Å². The largest absolute Gasteiger partial charge is 0.434 e. The lowest BCUT2D eigenvalue weighted by Gasteiger charge is -2.08. The molecule has 1 aromatic rings. The fourth-order valence-electron chi connectivity index (χ4n) is 1.57. The van der Waals surface area contributed by atoms with Gasteiger partial charge in [-0.2, -0.15) is 26.3 Å². The highest BCUT2D eigenvalue weighted by molar-refractivity contribution is 7.11. The molecule has 1 rings (SSSR count). The third-order valence-electron chi connectivity index (χ3n) is 2.47. The monoisotopic (exact) mass is 334 g/mol. The van der Waals surface area contributed by atoms with Crippen molar-refractivity contribution in [2.45, 2.75) is 45.6 Å². The van der Waals surface area contributed by atoms with E-state index in [-0.39, 0.29) is 22.3 Å². The predicted octanol–water partition coefficient (Wildman–Crippen LogP) is 4.40. The Morgan fingerprint density at radius 1 is 1.14 bits per heavy atom. The summed E-state index contributed by atoms with van der Waals surface area (Å²) in [4.78, 5) is 3.27. The van der Waals surface area contributed by atoms with Crippen molar-refractivity contribution >= 4 is 11.3 Å². The van der Waals surface area contributed by atoms with Crippen LogP contribution < -0.4 is 5.32 Å². The summed E-state index contributed by atoms with van der Waals surface area (Å²) in [5.41, 5.74) is -1.08. The molecule has 0 radical (unpaired) electrons. The number of nitrogens with zero attached hydrogens (tertiary/aromatic N) is 1. The van der Waals surface area contributed by atoms with E-state index < -0.39 is 30.9 Å². The van der Waals surface area contributed by atoms with E-state index in [1.54, 1.807) is 0 Å². The van der Waals surface area contributed by atoms with Crippen molar-refractivity contribution in [3.05, 3.63) is 15.6 Å². The molecule has 0 atom stereocenters. The van der Waals surface area contributed by atoms with Crippen LogP contribution in [-0.2, 0) is 19.1 Å². The number of halogens is 6. The fraction of sp³-hybridized carbons (Fsp3) is 0.750. The van der Waals surface area contributed by atoms with Crippen molar-refractivity contribution in [1.82, 2.24) is 10.3 Å². The molecule has 0 aliphatic carbocycles. The summed E-state index contributed by atoms with van der Waals surface area (Å²) >= 11 is 0.685. The highest BCUT2D eigenvalue weighted by Crippen LogP contribution is 2.35. The summed E-state index contributed by atoms with van der Waals surface area (Å²) in [5, 5.41) is 2.71. The Balaban J connectivity index is 2.81. The van der Waals surface area contributed by atoms with Crippen molar-refractivity contribution in [2.75, 3.05) is 6.54 Å². The second-order valence-corrected chi connectivity index (χ2v) is 6.19. The van der Waals surface area contributed by atoms with Crippen LogP contribution in [0.15, 0.2) is 0 Å². The van der Waals surface area contributed by atoms with Crippen LogP contribution in [0.4, 0.5) is 26.3 Å². The van der Waals surface area contributed by atoms with Crippen molar-refractivity contribution in [3.8, 4) is 0 Å².